The summed E-state index contributed by atoms with van der Waals surface area (Å²) in [4.78, 5) is 5.83. The van der Waals surface area contributed by atoms with Crippen molar-refractivity contribution in [2.24, 2.45) is 11.8 Å². The van der Waals surface area contributed by atoms with Gasteiger partial charge in [0, 0.05) is 31.2 Å². The van der Waals surface area contributed by atoms with Gasteiger partial charge in [0.2, 0.25) is 0 Å². The van der Waals surface area contributed by atoms with E-state index in [-0.39, 0.29) is 0 Å². The zero-order chi connectivity index (χ0) is 15.2. The molecule has 1 aromatic rings. The van der Waals surface area contributed by atoms with E-state index in [0.29, 0.717) is 6.04 Å². The number of fused-ring (bicyclic) bond motifs is 6. The van der Waals surface area contributed by atoms with Crippen LogP contribution in [0.25, 0.3) is 0 Å². The van der Waals surface area contributed by atoms with Crippen LogP contribution in [-0.2, 0) is 0 Å². The summed E-state index contributed by atoms with van der Waals surface area (Å²) in [7, 11) is 0. The van der Waals surface area contributed by atoms with Gasteiger partial charge in [0.15, 0.2) is 0 Å². The van der Waals surface area contributed by atoms with E-state index in [2.05, 4.69) is 40.1 Å². The molecule has 0 radical (unpaired) electrons. The predicted octanol–water partition coefficient (Wildman–Crippen LogP) is 4.09. The molecule has 0 unspecified atom stereocenters. The Balaban J connectivity index is 1.43. The molecule has 0 aliphatic carbocycles. The van der Waals surface area contributed by atoms with Crippen LogP contribution in [0.4, 0.5) is 0 Å². The van der Waals surface area contributed by atoms with Crippen LogP contribution >= 0.6 is 0 Å². The highest BCUT2D eigenvalue weighted by Gasteiger charge is 2.48. The Morgan fingerprint density at radius 3 is 2.52 bits per heavy atom. The maximum Gasteiger partial charge on any atom is 0.0351 e. The summed E-state index contributed by atoms with van der Waals surface area (Å²) < 4.78 is 0. The van der Waals surface area contributed by atoms with E-state index in [1.807, 2.05) is 0 Å². The first-order chi connectivity index (χ1) is 11.4. The summed E-state index contributed by atoms with van der Waals surface area (Å²) in [6.45, 7) is 4.14. The lowest BCUT2D eigenvalue weighted by molar-refractivity contribution is -0.0910. The monoisotopic (exact) mass is 310 g/mol. The second kappa shape index (κ2) is 5.89. The van der Waals surface area contributed by atoms with E-state index in [9.17, 15) is 0 Å². The molecule has 2 heteroatoms. The molecule has 0 N–H and O–H groups in total. The topological polar surface area (TPSA) is 6.48 Å². The van der Waals surface area contributed by atoms with Crippen LogP contribution < -0.4 is 0 Å². The van der Waals surface area contributed by atoms with Gasteiger partial charge in [0.25, 0.3) is 0 Å². The van der Waals surface area contributed by atoms with Crippen molar-refractivity contribution in [2.45, 2.75) is 63.1 Å². The molecule has 4 aliphatic heterocycles. The van der Waals surface area contributed by atoms with Gasteiger partial charge in [-0.3, -0.25) is 9.80 Å². The Morgan fingerprint density at radius 1 is 0.783 bits per heavy atom. The molecular formula is C21H30N2. The van der Waals surface area contributed by atoms with Crippen molar-refractivity contribution >= 4 is 0 Å². The molecule has 4 fully saturated rings. The molecular weight excluding hydrogens is 280 g/mol. The summed E-state index contributed by atoms with van der Waals surface area (Å²) >= 11 is 0. The minimum Gasteiger partial charge on any atom is -0.300 e. The number of rotatable bonds is 1. The zero-order valence-electron chi connectivity index (χ0n) is 14.2. The molecule has 0 saturated carbocycles. The molecule has 0 spiro atoms. The Morgan fingerprint density at radius 2 is 1.61 bits per heavy atom. The summed E-state index contributed by atoms with van der Waals surface area (Å²) in [6, 6.07) is 13.8. The average Bonchev–Trinajstić information content (AvgIpc) is 2.62. The molecule has 1 aromatic carbocycles. The second-order valence-electron chi connectivity index (χ2n) is 8.44. The molecule has 0 amide bonds. The van der Waals surface area contributed by atoms with Crippen LogP contribution in [0.3, 0.4) is 0 Å². The van der Waals surface area contributed by atoms with Gasteiger partial charge in [-0.1, -0.05) is 36.8 Å². The Bertz CT molecular complexity index is 542. The van der Waals surface area contributed by atoms with Crippen LogP contribution in [0.5, 0.6) is 0 Å². The third kappa shape index (κ3) is 2.46. The molecule has 124 valence electrons. The van der Waals surface area contributed by atoms with E-state index in [1.54, 1.807) is 5.56 Å². The zero-order valence-corrected chi connectivity index (χ0v) is 14.2. The van der Waals surface area contributed by atoms with E-state index in [0.717, 1.165) is 23.9 Å². The minimum absolute atomic E-state index is 0.690. The summed E-state index contributed by atoms with van der Waals surface area (Å²) in [5, 5.41) is 0. The van der Waals surface area contributed by atoms with Crippen molar-refractivity contribution in [3.8, 4) is 0 Å². The van der Waals surface area contributed by atoms with E-state index < -0.39 is 0 Å². The predicted molar refractivity (Wildman–Crippen MR) is 94.3 cm³/mol. The quantitative estimate of drug-likeness (QED) is 0.771. The molecule has 23 heavy (non-hydrogen) atoms. The molecule has 5 atom stereocenters. The van der Waals surface area contributed by atoms with Crippen molar-refractivity contribution in [1.82, 2.24) is 9.80 Å². The number of benzene rings is 1. The Hall–Kier alpha value is -0.860. The highest BCUT2D eigenvalue weighted by molar-refractivity contribution is 5.21. The maximum absolute atomic E-state index is 2.95. The van der Waals surface area contributed by atoms with Gasteiger partial charge < -0.3 is 0 Å². The smallest absolute Gasteiger partial charge is 0.0351 e. The lowest BCUT2D eigenvalue weighted by atomic mass is 9.69. The van der Waals surface area contributed by atoms with Gasteiger partial charge in [-0.25, -0.2) is 0 Å². The number of hydrogen-bond donors (Lipinski definition) is 0. The van der Waals surface area contributed by atoms with Crippen molar-refractivity contribution in [3.05, 3.63) is 35.9 Å². The SMILES string of the molecule is c1ccc([C@H]2CCC[C@@H]3[C@H]4C[C@@H](CN23)[C@@H]2CCCCN2C4)cc1. The third-order valence-electron chi connectivity index (χ3n) is 7.26. The third-order valence-corrected chi connectivity index (χ3v) is 7.26. The minimum atomic E-state index is 0.690. The van der Waals surface area contributed by atoms with Crippen molar-refractivity contribution in [3.63, 3.8) is 0 Å². The van der Waals surface area contributed by atoms with E-state index in [1.165, 1.54) is 64.6 Å². The standard InChI is InChI=1S/C21H30N2/c1-2-7-16(8-3-1)20-10-6-11-21-17-13-18(15-23(20)21)19-9-4-5-12-22(19)14-17/h1-3,7-8,17-21H,4-6,9-15H2/t17-,18-,19-,20+,21+/m0/s1. The first-order valence-corrected chi connectivity index (χ1v) is 9.95. The van der Waals surface area contributed by atoms with Gasteiger partial charge >= 0.3 is 0 Å². The molecule has 2 bridgehead atoms. The van der Waals surface area contributed by atoms with E-state index in [4.69, 9.17) is 0 Å². The maximum atomic E-state index is 2.95. The molecule has 0 aromatic heterocycles. The first kappa shape index (κ1) is 14.5. The largest absolute Gasteiger partial charge is 0.300 e. The normalized spacial score (nSPS) is 41.1. The number of nitrogens with zero attached hydrogens (tertiary/aromatic N) is 2. The highest BCUT2D eigenvalue weighted by Crippen LogP contribution is 2.47. The summed E-state index contributed by atoms with van der Waals surface area (Å²) in [5.41, 5.74) is 1.57. The van der Waals surface area contributed by atoms with Crippen molar-refractivity contribution in [2.75, 3.05) is 19.6 Å². The van der Waals surface area contributed by atoms with Crippen LogP contribution in [-0.4, -0.2) is 41.5 Å². The Kier molecular flexibility index (Phi) is 3.71. The van der Waals surface area contributed by atoms with Gasteiger partial charge in [0.1, 0.15) is 0 Å². The highest BCUT2D eigenvalue weighted by atomic mass is 15.3. The molecule has 5 rings (SSSR count). The summed E-state index contributed by atoms with van der Waals surface area (Å²) in [5.74, 6) is 1.88. The molecule has 2 nitrogen and oxygen atoms in total. The van der Waals surface area contributed by atoms with Crippen molar-refractivity contribution < 1.29 is 0 Å². The van der Waals surface area contributed by atoms with Gasteiger partial charge in [-0.05, 0) is 62.5 Å². The fraction of sp³-hybridized carbons (Fsp3) is 0.714. The van der Waals surface area contributed by atoms with Gasteiger partial charge in [0.05, 0.1) is 0 Å². The van der Waals surface area contributed by atoms with E-state index >= 15 is 0 Å². The molecule has 4 saturated heterocycles. The number of piperidine rings is 4. The van der Waals surface area contributed by atoms with Crippen LogP contribution in [0.2, 0.25) is 0 Å². The fourth-order valence-corrected chi connectivity index (χ4v) is 6.33. The van der Waals surface area contributed by atoms with Crippen LogP contribution in [0, 0.1) is 11.8 Å². The van der Waals surface area contributed by atoms with Crippen molar-refractivity contribution in [1.29, 1.82) is 0 Å². The average molecular weight is 310 g/mol. The van der Waals surface area contributed by atoms with Gasteiger partial charge in [-0.15, -0.1) is 0 Å². The molecule has 4 heterocycles. The van der Waals surface area contributed by atoms with Crippen LogP contribution in [0.1, 0.15) is 56.6 Å². The fourth-order valence-electron chi connectivity index (χ4n) is 6.33. The Labute approximate surface area is 140 Å². The lowest BCUT2D eigenvalue weighted by Gasteiger charge is -2.59. The summed E-state index contributed by atoms with van der Waals surface area (Å²) in [6.07, 6.45) is 10.1. The number of hydrogen-bond acceptors (Lipinski definition) is 2. The second-order valence-corrected chi connectivity index (χ2v) is 8.44. The van der Waals surface area contributed by atoms with Crippen LogP contribution in [0.15, 0.2) is 30.3 Å². The lowest BCUT2D eigenvalue weighted by Crippen LogP contribution is -2.63. The molecule has 4 aliphatic rings. The van der Waals surface area contributed by atoms with Gasteiger partial charge in [-0.2, -0.15) is 0 Å². The first-order valence-electron chi connectivity index (χ1n) is 9.95.